The van der Waals surface area contributed by atoms with E-state index in [1.54, 1.807) is 0 Å². The van der Waals surface area contributed by atoms with Crippen molar-refractivity contribution in [1.82, 2.24) is 0 Å². The molecule has 0 saturated carbocycles. The molecule has 24 heavy (non-hydrogen) atoms. The largest absolute Gasteiger partial charge is 0.374 e. The Hall–Kier alpha value is -2.38. The number of ether oxygens (including phenoxy) is 1. The van der Waals surface area contributed by atoms with E-state index in [1.165, 1.54) is 39.8 Å². The fourth-order valence-corrected chi connectivity index (χ4v) is 3.33. The van der Waals surface area contributed by atoms with Crippen molar-refractivity contribution in [2.45, 2.75) is 25.9 Å². The maximum Gasteiger partial charge on any atom is 0.0825 e. The summed E-state index contributed by atoms with van der Waals surface area (Å²) in [5.41, 5.74) is 7.63. The van der Waals surface area contributed by atoms with Crippen LogP contribution in [0.2, 0.25) is 0 Å². The molecule has 1 nitrogen and oxygen atoms in total. The van der Waals surface area contributed by atoms with Crippen molar-refractivity contribution in [3.63, 3.8) is 0 Å². The highest BCUT2D eigenvalue weighted by atomic mass is 16.5. The van der Waals surface area contributed by atoms with Crippen LogP contribution in [-0.4, -0.2) is 6.61 Å². The lowest BCUT2D eigenvalue weighted by atomic mass is 9.98. The van der Waals surface area contributed by atoms with Crippen molar-refractivity contribution in [2.24, 2.45) is 0 Å². The van der Waals surface area contributed by atoms with E-state index >= 15 is 0 Å². The van der Waals surface area contributed by atoms with Gasteiger partial charge in [0.15, 0.2) is 0 Å². The molecule has 3 aromatic rings. The van der Waals surface area contributed by atoms with Crippen LogP contribution < -0.4 is 0 Å². The Balaban J connectivity index is 1.55. The van der Waals surface area contributed by atoms with Gasteiger partial charge < -0.3 is 4.74 Å². The van der Waals surface area contributed by atoms with Crippen LogP contribution in [0.3, 0.4) is 0 Å². The first-order valence-corrected chi connectivity index (χ1v) is 8.69. The Kier molecular flexibility index (Phi) is 4.18. The number of aryl methyl sites for hydroxylation is 1. The van der Waals surface area contributed by atoms with Gasteiger partial charge in [-0.1, -0.05) is 78.4 Å². The number of hydrogen-bond donors (Lipinski definition) is 0. The van der Waals surface area contributed by atoms with Crippen molar-refractivity contribution >= 4 is 0 Å². The molecule has 3 aromatic carbocycles. The van der Waals surface area contributed by atoms with Crippen molar-refractivity contribution in [3.05, 3.63) is 83.9 Å². The number of hydrogen-bond acceptors (Lipinski definition) is 1. The van der Waals surface area contributed by atoms with Gasteiger partial charge in [-0.3, -0.25) is 0 Å². The van der Waals surface area contributed by atoms with Gasteiger partial charge in [0.05, 0.1) is 6.10 Å². The molecule has 1 aliphatic heterocycles. The molecule has 1 heterocycles. The second-order valence-corrected chi connectivity index (χ2v) is 6.57. The first kappa shape index (κ1) is 15.2. The Bertz CT molecular complexity index is 792. The quantitative estimate of drug-likeness (QED) is 0.561. The van der Waals surface area contributed by atoms with Gasteiger partial charge in [0, 0.05) is 6.61 Å². The zero-order valence-electron chi connectivity index (χ0n) is 14.0. The van der Waals surface area contributed by atoms with Crippen molar-refractivity contribution in [2.75, 3.05) is 6.61 Å². The van der Waals surface area contributed by atoms with E-state index in [1.807, 2.05) is 0 Å². The maximum absolute atomic E-state index is 5.76. The Morgan fingerprint density at radius 2 is 1.12 bits per heavy atom. The standard InChI is InChI=1S/C23H22O/c1-17-4-6-18(7-5-17)19-8-10-20(11-9-19)21-12-14-22(15-13-21)23-3-2-16-24-23/h4-15,23H,2-3,16H2,1H3. The highest BCUT2D eigenvalue weighted by Crippen LogP contribution is 2.31. The van der Waals surface area contributed by atoms with Gasteiger partial charge in [-0.05, 0) is 47.6 Å². The van der Waals surface area contributed by atoms with Gasteiger partial charge in [-0.15, -0.1) is 0 Å². The van der Waals surface area contributed by atoms with Crippen molar-refractivity contribution in [3.8, 4) is 22.3 Å². The smallest absolute Gasteiger partial charge is 0.0825 e. The SMILES string of the molecule is Cc1ccc(-c2ccc(-c3ccc(C4CCCO4)cc3)cc2)cc1. The lowest BCUT2D eigenvalue weighted by Gasteiger charge is -2.11. The first-order chi connectivity index (χ1) is 11.8. The predicted molar refractivity (Wildman–Crippen MR) is 100.0 cm³/mol. The summed E-state index contributed by atoms with van der Waals surface area (Å²) in [6.45, 7) is 3.01. The molecule has 4 rings (SSSR count). The van der Waals surface area contributed by atoms with Crippen LogP contribution in [0.4, 0.5) is 0 Å². The minimum Gasteiger partial charge on any atom is -0.374 e. The molecule has 0 bridgehead atoms. The fourth-order valence-electron chi connectivity index (χ4n) is 3.33. The molecular weight excluding hydrogens is 292 g/mol. The van der Waals surface area contributed by atoms with Crippen LogP contribution in [0.1, 0.15) is 30.1 Å². The Morgan fingerprint density at radius 1 is 0.667 bits per heavy atom. The summed E-state index contributed by atoms with van der Waals surface area (Å²) in [5, 5.41) is 0. The molecular formula is C23H22O. The van der Waals surface area contributed by atoms with Gasteiger partial charge in [0.2, 0.25) is 0 Å². The monoisotopic (exact) mass is 314 g/mol. The van der Waals surface area contributed by atoms with Gasteiger partial charge in [-0.2, -0.15) is 0 Å². The van der Waals surface area contributed by atoms with Crippen LogP contribution in [0.5, 0.6) is 0 Å². The lowest BCUT2D eigenvalue weighted by molar-refractivity contribution is 0.112. The Morgan fingerprint density at radius 3 is 1.58 bits per heavy atom. The molecule has 120 valence electrons. The van der Waals surface area contributed by atoms with E-state index in [9.17, 15) is 0 Å². The third kappa shape index (κ3) is 3.13. The van der Waals surface area contributed by atoms with Crippen LogP contribution in [-0.2, 0) is 4.74 Å². The summed E-state index contributed by atoms with van der Waals surface area (Å²) in [6.07, 6.45) is 2.61. The third-order valence-electron chi connectivity index (χ3n) is 4.82. The van der Waals surface area contributed by atoms with E-state index < -0.39 is 0 Å². The molecule has 1 saturated heterocycles. The summed E-state index contributed by atoms with van der Waals surface area (Å²) in [6, 6.07) is 26.3. The molecule has 1 unspecified atom stereocenters. The molecule has 0 aliphatic carbocycles. The van der Waals surface area contributed by atoms with Gasteiger partial charge in [0.1, 0.15) is 0 Å². The molecule has 0 radical (unpaired) electrons. The van der Waals surface area contributed by atoms with Gasteiger partial charge >= 0.3 is 0 Å². The molecule has 1 fully saturated rings. The zero-order chi connectivity index (χ0) is 16.4. The van der Waals surface area contributed by atoms with E-state index in [4.69, 9.17) is 4.74 Å². The Labute approximate surface area is 143 Å². The van der Waals surface area contributed by atoms with Crippen LogP contribution in [0, 0.1) is 6.92 Å². The maximum atomic E-state index is 5.76. The highest BCUT2D eigenvalue weighted by Gasteiger charge is 2.17. The summed E-state index contributed by atoms with van der Waals surface area (Å²) >= 11 is 0. The summed E-state index contributed by atoms with van der Waals surface area (Å²) in [7, 11) is 0. The molecule has 1 heteroatoms. The zero-order valence-corrected chi connectivity index (χ0v) is 14.0. The second-order valence-electron chi connectivity index (χ2n) is 6.57. The third-order valence-corrected chi connectivity index (χ3v) is 4.82. The van der Waals surface area contributed by atoms with Crippen molar-refractivity contribution < 1.29 is 4.74 Å². The normalized spacial score (nSPS) is 17.1. The van der Waals surface area contributed by atoms with Crippen molar-refractivity contribution in [1.29, 1.82) is 0 Å². The van der Waals surface area contributed by atoms with Gasteiger partial charge in [0.25, 0.3) is 0 Å². The topological polar surface area (TPSA) is 9.23 Å². The molecule has 1 atom stereocenters. The number of rotatable bonds is 3. The molecule has 0 N–H and O–H groups in total. The van der Waals surface area contributed by atoms with E-state index in [-0.39, 0.29) is 0 Å². The highest BCUT2D eigenvalue weighted by molar-refractivity contribution is 5.70. The van der Waals surface area contributed by atoms with E-state index in [2.05, 4.69) is 79.7 Å². The lowest BCUT2D eigenvalue weighted by Crippen LogP contribution is -1.94. The second kappa shape index (κ2) is 6.62. The van der Waals surface area contributed by atoms with Crippen LogP contribution >= 0.6 is 0 Å². The summed E-state index contributed by atoms with van der Waals surface area (Å²) in [4.78, 5) is 0. The fraction of sp³-hybridized carbons (Fsp3) is 0.217. The molecule has 0 aromatic heterocycles. The molecule has 0 spiro atoms. The average molecular weight is 314 g/mol. The minimum absolute atomic E-state index is 0.294. The van der Waals surface area contributed by atoms with E-state index in [0.29, 0.717) is 6.10 Å². The van der Waals surface area contributed by atoms with E-state index in [0.717, 1.165) is 13.0 Å². The summed E-state index contributed by atoms with van der Waals surface area (Å²) in [5.74, 6) is 0. The van der Waals surface area contributed by atoms with Gasteiger partial charge in [-0.25, -0.2) is 0 Å². The number of benzene rings is 3. The first-order valence-electron chi connectivity index (χ1n) is 8.69. The molecule has 0 amide bonds. The van der Waals surface area contributed by atoms with Crippen LogP contribution in [0.15, 0.2) is 72.8 Å². The minimum atomic E-state index is 0.294. The summed E-state index contributed by atoms with van der Waals surface area (Å²) < 4.78 is 5.76. The molecule has 1 aliphatic rings. The average Bonchev–Trinajstić information content (AvgIpc) is 3.17. The van der Waals surface area contributed by atoms with Crippen LogP contribution in [0.25, 0.3) is 22.3 Å². The predicted octanol–water partition coefficient (Wildman–Crippen LogP) is 6.18.